The Hall–Kier alpha value is -4.38. The number of rotatable bonds is 8. The summed E-state index contributed by atoms with van der Waals surface area (Å²) in [7, 11) is 1.39. The van der Waals surface area contributed by atoms with E-state index < -0.39 is 5.97 Å². The van der Waals surface area contributed by atoms with Gasteiger partial charge in [-0.1, -0.05) is 30.3 Å². The second-order valence-corrected chi connectivity index (χ2v) is 6.22. The summed E-state index contributed by atoms with van der Waals surface area (Å²) in [6, 6.07) is 16.1. The number of benzene rings is 2. The maximum Gasteiger partial charge on any atom is 0.336 e. The van der Waals surface area contributed by atoms with Crippen molar-refractivity contribution in [2.24, 2.45) is 0 Å². The van der Waals surface area contributed by atoms with Crippen molar-refractivity contribution in [3.05, 3.63) is 77.6 Å². The fraction of sp³-hybridized carbons (Fsp3) is 0.130. The zero-order valence-corrected chi connectivity index (χ0v) is 16.9. The van der Waals surface area contributed by atoms with Crippen molar-refractivity contribution < 1.29 is 24.1 Å². The van der Waals surface area contributed by atoms with Gasteiger partial charge in [0.25, 0.3) is 0 Å². The molecule has 3 rings (SSSR count). The lowest BCUT2D eigenvalue weighted by molar-refractivity contribution is -0.130. The molecule has 1 heterocycles. The molecule has 0 aliphatic rings. The molecule has 0 saturated heterocycles. The van der Waals surface area contributed by atoms with E-state index in [-0.39, 0.29) is 29.5 Å². The van der Waals surface area contributed by atoms with Gasteiger partial charge in [-0.25, -0.2) is 14.8 Å². The van der Waals surface area contributed by atoms with E-state index in [1.807, 2.05) is 6.07 Å². The van der Waals surface area contributed by atoms with Crippen LogP contribution in [0, 0.1) is 11.3 Å². The van der Waals surface area contributed by atoms with Crippen LogP contribution in [0.1, 0.15) is 23.6 Å². The molecular formula is C23H19N3O5. The minimum atomic E-state index is -1.15. The van der Waals surface area contributed by atoms with Gasteiger partial charge in [-0.05, 0) is 36.8 Å². The Kier molecular flexibility index (Phi) is 6.81. The molecule has 1 N–H and O–H groups in total. The molecule has 8 nitrogen and oxygen atoms in total. The Balaban J connectivity index is 1.86. The van der Waals surface area contributed by atoms with E-state index in [0.717, 1.165) is 5.56 Å². The second-order valence-electron chi connectivity index (χ2n) is 6.22. The first-order valence-corrected chi connectivity index (χ1v) is 9.25. The molecule has 0 atom stereocenters. The molecule has 0 amide bonds. The fourth-order valence-corrected chi connectivity index (χ4v) is 2.85. The number of para-hydroxylation sites is 1. The maximum atomic E-state index is 11.7. The van der Waals surface area contributed by atoms with Gasteiger partial charge in [0.15, 0.2) is 0 Å². The molecule has 0 aliphatic heterocycles. The summed E-state index contributed by atoms with van der Waals surface area (Å²) in [5.74, 6) is -0.0991. The number of aromatic nitrogens is 2. The number of allylic oxidation sites excluding steroid dienone is 1. The smallest absolute Gasteiger partial charge is 0.336 e. The number of hydrogen-bond donors (Lipinski definition) is 1. The van der Waals surface area contributed by atoms with E-state index in [2.05, 4.69) is 16.0 Å². The van der Waals surface area contributed by atoms with Crippen LogP contribution >= 0.6 is 0 Å². The summed E-state index contributed by atoms with van der Waals surface area (Å²) < 4.78 is 16.8. The summed E-state index contributed by atoms with van der Waals surface area (Å²) >= 11 is 0. The Morgan fingerprint density at radius 3 is 2.65 bits per heavy atom. The van der Waals surface area contributed by atoms with Gasteiger partial charge in [-0.2, -0.15) is 5.26 Å². The van der Waals surface area contributed by atoms with E-state index in [1.54, 1.807) is 49.4 Å². The van der Waals surface area contributed by atoms with Crippen molar-refractivity contribution >= 4 is 11.5 Å². The fourth-order valence-electron chi connectivity index (χ4n) is 2.85. The summed E-state index contributed by atoms with van der Waals surface area (Å²) in [5, 5.41) is 18.7. The first-order valence-electron chi connectivity index (χ1n) is 9.25. The van der Waals surface area contributed by atoms with Crippen LogP contribution in [0.25, 0.3) is 5.57 Å². The van der Waals surface area contributed by atoms with Crippen molar-refractivity contribution in [1.82, 2.24) is 9.97 Å². The molecule has 0 saturated carbocycles. The van der Waals surface area contributed by atoms with Gasteiger partial charge >= 0.3 is 5.97 Å². The first-order chi connectivity index (χ1) is 15.1. The highest BCUT2D eigenvalue weighted by molar-refractivity contribution is 6.16. The number of nitrogens with zero attached hydrogens (tertiary/aromatic N) is 3. The van der Waals surface area contributed by atoms with Crippen LogP contribution in [-0.4, -0.2) is 28.2 Å². The number of carboxylic acids is 1. The molecule has 0 bridgehead atoms. The van der Waals surface area contributed by atoms with Gasteiger partial charge in [0.05, 0.1) is 18.2 Å². The Bertz CT molecular complexity index is 1170. The molecule has 0 radical (unpaired) electrons. The molecular weight excluding hydrogens is 398 g/mol. The zero-order valence-electron chi connectivity index (χ0n) is 16.9. The SMILES string of the molecule is CC=C(C(=O)O)c1c(OC)ncnc1Oc1cccc(COc2ccccc2C#N)c1. The molecule has 0 spiro atoms. The summed E-state index contributed by atoms with van der Waals surface area (Å²) in [6.45, 7) is 1.81. The molecule has 3 aromatic rings. The van der Waals surface area contributed by atoms with Crippen molar-refractivity contribution in [3.63, 3.8) is 0 Å². The number of carbonyl (C=O) groups is 1. The third kappa shape index (κ3) is 4.97. The maximum absolute atomic E-state index is 11.7. The normalized spacial score (nSPS) is 10.8. The van der Waals surface area contributed by atoms with Crippen molar-refractivity contribution in [2.45, 2.75) is 13.5 Å². The topological polar surface area (TPSA) is 115 Å². The predicted octanol–water partition coefficient (Wildman–Crippen LogP) is 4.22. The average molecular weight is 417 g/mol. The highest BCUT2D eigenvalue weighted by Gasteiger charge is 2.23. The van der Waals surface area contributed by atoms with Crippen molar-refractivity contribution in [1.29, 1.82) is 5.26 Å². The van der Waals surface area contributed by atoms with Gasteiger partial charge in [-0.15, -0.1) is 0 Å². The van der Waals surface area contributed by atoms with E-state index in [0.29, 0.717) is 17.1 Å². The van der Waals surface area contributed by atoms with Crippen LogP contribution in [-0.2, 0) is 11.4 Å². The molecule has 156 valence electrons. The molecule has 31 heavy (non-hydrogen) atoms. The first kappa shape index (κ1) is 21.3. The zero-order chi connectivity index (χ0) is 22.2. The molecule has 8 heteroatoms. The number of nitriles is 1. The largest absolute Gasteiger partial charge is 0.488 e. The number of carboxylic acid groups (broad SMARTS) is 1. The average Bonchev–Trinajstić information content (AvgIpc) is 2.79. The second kappa shape index (κ2) is 9.89. The van der Waals surface area contributed by atoms with E-state index in [9.17, 15) is 15.2 Å². The lowest BCUT2D eigenvalue weighted by atomic mass is 10.1. The Labute approximate surface area is 179 Å². The van der Waals surface area contributed by atoms with Gasteiger partial charge in [0, 0.05) is 0 Å². The highest BCUT2D eigenvalue weighted by atomic mass is 16.5. The van der Waals surface area contributed by atoms with Crippen LogP contribution in [0.3, 0.4) is 0 Å². The highest BCUT2D eigenvalue weighted by Crippen LogP contribution is 2.34. The third-order valence-electron chi connectivity index (χ3n) is 4.27. The van der Waals surface area contributed by atoms with E-state index in [4.69, 9.17) is 14.2 Å². The van der Waals surface area contributed by atoms with Gasteiger partial charge < -0.3 is 19.3 Å². The Morgan fingerprint density at radius 1 is 1.16 bits per heavy atom. The van der Waals surface area contributed by atoms with Gasteiger partial charge in [0.2, 0.25) is 11.8 Å². The molecule has 0 aliphatic carbocycles. The molecule has 2 aromatic carbocycles. The van der Waals surface area contributed by atoms with Gasteiger partial charge in [0.1, 0.15) is 36.1 Å². The van der Waals surface area contributed by atoms with E-state index >= 15 is 0 Å². The summed E-state index contributed by atoms with van der Waals surface area (Å²) in [5.41, 5.74) is 1.34. The number of aliphatic carboxylic acids is 1. The summed E-state index contributed by atoms with van der Waals surface area (Å²) in [4.78, 5) is 19.7. The third-order valence-corrected chi connectivity index (χ3v) is 4.27. The van der Waals surface area contributed by atoms with Gasteiger partial charge in [-0.3, -0.25) is 0 Å². The predicted molar refractivity (Wildman–Crippen MR) is 112 cm³/mol. The Morgan fingerprint density at radius 2 is 1.94 bits per heavy atom. The quantitative estimate of drug-likeness (QED) is 0.542. The van der Waals surface area contributed by atoms with Crippen molar-refractivity contribution in [2.75, 3.05) is 7.11 Å². The number of methoxy groups -OCH3 is 1. The number of hydrogen-bond acceptors (Lipinski definition) is 7. The number of ether oxygens (including phenoxy) is 3. The van der Waals surface area contributed by atoms with Crippen LogP contribution in [0.5, 0.6) is 23.3 Å². The van der Waals surface area contributed by atoms with Crippen LogP contribution in [0.15, 0.2) is 60.9 Å². The monoisotopic (exact) mass is 417 g/mol. The lowest BCUT2D eigenvalue weighted by Gasteiger charge is -2.14. The minimum Gasteiger partial charge on any atom is -0.488 e. The van der Waals surface area contributed by atoms with Crippen LogP contribution in [0.2, 0.25) is 0 Å². The molecule has 1 aromatic heterocycles. The molecule has 0 unspecified atom stereocenters. The van der Waals surface area contributed by atoms with Crippen molar-refractivity contribution in [3.8, 4) is 29.3 Å². The molecule has 0 fully saturated rings. The van der Waals surface area contributed by atoms with E-state index in [1.165, 1.54) is 19.5 Å². The minimum absolute atomic E-state index is 0.0416. The van der Waals surface area contributed by atoms with Crippen LogP contribution < -0.4 is 14.2 Å². The summed E-state index contributed by atoms with van der Waals surface area (Å²) in [6.07, 6.45) is 2.66. The van der Waals surface area contributed by atoms with Crippen LogP contribution in [0.4, 0.5) is 0 Å². The standard InChI is InChI=1S/C23H19N3O5/c1-3-18(23(27)28)20-21(29-2)25-14-26-22(20)31-17-9-6-7-15(11-17)13-30-19-10-5-4-8-16(19)12-24/h3-11,14H,13H2,1-2H3,(H,27,28). The lowest BCUT2D eigenvalue weighted by Crippen LogP contribution is -2.06.